The van der Waals surface area contributed by atoms with Gasteiger partial charge < -0.3 is 5.48 Å². The molecule has 2 N–H and O–H groups in total. The van der Waals surface area contributed by atoms with Crippen molar-refractivity contribution in [1.29, 1.82) is 0 Å². The molecule has 0 aromatic heterocycles. The van der Waals surface area contributed by atoms with Gasteiger partial charge in [-0.05, 0) is 0 Å². The van der Waals surface area contributed by atoms with E-state index < -0.39 is 8.63 Å². The number of halogens is 6. The summed E-state index contributed by atoms with van der Waals surface area (Å²) in [5, 5.41) is 0. The van der Waals surface area contributed by atoms with E-state index in [2.05, 4.69) is 0 Å². The Morgan fingerprint density at radius 3 is 0.667 bits per heavy atom. The minimum Gasteiger partial charge on any atom is -0.412 e. The minimum absolute atomic E-state index is 0. The molecule has 0 saturated carbocycles. The van der Waals surface area contributed by atoms with E-state index in [0.29, 0.717) is 0 Å². The normalized spacial score (nSPS) is 18.0. The van der Waals surface area contributed by atoms with Crippen LogP contribution in [-0.2, 0) is 0 Å². The van der Waals surface area contributed by atoms with Crippen molar-refractivity contribution in [2.75, 3.05) is 0 Å². The van der Waals surface area contributed by atoms with Gasteiger partial charge in [-0.25, -0.2) is 0 Å². The Hall–Kier alpha value is 0.523. The Kier molecular flexibility index (Phi) is 3.62. The van der Waals surface area contributed by atoms with E-state index in [0.717, 1.165) is 0 Å². The summed E-state index contributed by atoms with van der Waals surface area (Å²) in [5.41, 5.74) is 0. The zero-order valence-electron chi connectivity index (χ0n) is 3.97. The predicted molar refractivity (Wildman–Crippen MR) is 21.8 cm³/mol. The molecule has 0 saturated heterocycles. The van der Waals surface area contributed by atoms with Crippen LogP contribution in [0.4, 0.5) is 24.6 Å². The second-order valence-corrected chi connectivity index (χ2v) is 3.21. The van der Waals surface area contributed by atoms with Crippen LogP contribution in [0.1, 0.15) is 0 Å². The van der Waals surface area contributed by atoms with Crippen LogP contribution < -0.4 is 0 Å². The molecule has 9 heavy (non-hydrogen) atoms. The van der Waals surface area contributed by atoms with Gasteiger partial charge >= 0.3 is 56.3 Å². The van der Waals surface area contributed by atoms with E-state index in [1.165, 1.54) is 0 Å². The summed E-state index contributed by atoms with van der Waals surface area (Å²) in [5.74, 6) is 0. The van der Waals surface area contributed by atoms with E-state index in [9.17, 15) is 24.6 Å². The Labute approximate surface area is 62.4 Å². The Morgan fingerprint density at radius 2 is 0.667 bits per heavy atom. The van der Waals surface area contributed by atoms with Gasteiger partial charge in [0.05, 0.1) is 0 Å². The smallest absolute Gasteiger partial charge is 0.412 e. The second kappa shape index (κ2) is 2.00. The Bertz CT molecular complexity index is 71.6. The van der Waals surface area contributed by atoms with Gasteiger partial charge in [-0.15, -0.1) is 0 Å². The van der Waals surface area contributed by atoms with Crippen molar-refractivity contribution >= 4 is 31.7 Å². The summed E-state index contributed by atoms with van der Waals surface area (Å²) in [6, 6.07) is 0. The molecule has 0 heterocycles. The third kappa shape index (κ3) is 1330. The summed E-state index contributed by atoms with van der Waals surface area (Å²) in [6.07, 6.45) is 0. The van der Waals surface area contributed by atoms with Crippen molar-refractivity contribution in [2.24, 2.45) is 0 Å². The summed E-state index contributed by atoms with van der Waals surface area (Å²) >= 11 is 0. The maximum absolute atomic E-state index is 10.8. The first-order valence-electron chi connectivity index (χ1n) is 1.13. The molecule has 0 rings (SSSR count). The maximum atomic E-state index is 9.88. The molecule has 0 aromatic rings. The summed E-state index contributed by atoms with van der Waals surface area (Å²) in [6.45, 7) is 0. The molecule has 0 aromatic carbocycles. The van der Waals surface area contributed by atoms with E-state index >= 15 is 0 Å². The van der Waals surface area contributed by atoms with E-state index in [-0.39, 0.29) is 28.5 Å². The van der Waals surface area contributed by atoms with Crippen LogP contribution >= 0.6 is 0 Å². The van der Waals surface area contributed by atoms with Gasteiger partial charge in [0.1, 0.15) is 0 Å². The number of hydrogen-bond acceptors (Lipinski definition) is 0. The average molecular weight is 184 g/mol. The largest absolute Gasteiger partial charge is 2.00 e. The fraction of sp³-hybridized carbons (Fsp3) is 0. The maximum Gasteiger partial charge on any atom is 2.00 e. The molecule has 0 aliphatic heterocycles. The molecule has 0 aliphatic carbocycles. The third-order valence-corrected chi connectivity index (χ3v) is 0. The quantitative estimate of drug-likeness (QED) is 0.305. The van der Waals surface area contributed by atoms with E-state index in [1.54, 1.807) is 0 Å². The topological polar surface area (TPSA) is 31.5 Å². The van der Waals surface area contributed by atoms with Gasteiger partial charge in [-0.2, -0.15) is 0 Å². The van der Waals surface area contributed by atoms with Gasteiger partial charge in [-0.3, -0.25) is 0 Å². The molecule has 9 heteroatoms. The molecule has 1 nitrogen and oxygen atoms in total. The first kappa shape index (κ1) is 16.3. The van der Waals surface area contributed by atoms with Crippen molar-refractivity contribution in [3.8, 4) is 0 Å². The van der Waals surface area contributed by atoms with Gasteiger partial charge in [0.2, 0.25) is 0 Å². The second-order valence-electron chi connectivity index (χ2n) is 1.07. The molecule has 0 fully saturated rings. The monoisotopic (exact) mass is 184 g/mol. The first-order valence-corrected chi connectivity index (χ1v) is 3.40. The van der Waals surface area contributed by atoms with Gasteiger partial charge in [-0.1, -0.05) is 0 Å². The molecular weight excluding hydrogens is 182 g/mol. The third-order valence-electron chi connectivity index (χ3n) is 0. The van der Waals surface area contributed by atoms with Gasteiger partial charge in [0.25, 0.3) is 0 Å². The standard InChI is InChI=1S/F6Si.Mg.H2O/c1-7(2,3,4,5)6;;/h;;1H2/q-2;+2;. The Morgan fingerprint density at radius 1 is 0.667 bits per heavy atom. The van der Waals surface area contributed by atoms with E-state index in [1.807, 2.05) is 0 Å². The predicted octanol–water partition coefficient (Wildman–Crippen LogP) is 0.935. The zero-order valence-corrected chi connectivity index (χ0v) is 6.39. The molecule has 0 unspecified atom stereocenters. The molecule has 0 spiro atoms. The molecule has 0 amide bonds. The number of hydrogen-bond donors (Lipinski definition) is 0. The summed E-state index contributed by atoms with van der Waals surface area (Å²) in [4.78, 5) is 0. The Balaban J connectivity index is -0.000000180. The molecular formula is H2F6MgOSi. The molecule has 56 valence electrons. The average Bonchev–Trinajstić information content (AvgIpc) is 0.592. The zero-order chi connectivity index (χ0) is 6.41. The van der Waals surface area contributed by atoms with Crippen molar-refractivity contribution < 1.29 is 30.1 Å². The van der Waals surface area contributed by atoms with Crippen LogP contribution in [-0.4, -0.2) is 37.2 Å². The van der Waals surface area contributed by atoms with Crippen LogP contribution in [0.15, 0.2) is 0 Å². The van der Waals surface area contributed by atoms with Crippen LogP contribution in [0, 0.1) is 0 Å². The fourth-order valence-electron chi connectivity index (χ4n) is 0. The van der Waals surface area contributed by atoms with Crippen molar-refractivity contribution in [2.45, 2.75) is 0 Å². The molecule has 0 aliphatic rings. The first-order chi connectivity index (χ1) is 2.45. The SMILES string of the molecule is F[Si-2](F)(F)(F)(F)F.O.[Mg+2]. The van der Waals surface area contributed by atoms with Crippen LogP contribution in [0.5, 0.6) is 0 Å². The van der Waals surface area contributed by atoms with Crippen molar-refractivity contribution in [3.63, 3.8) is 0 Å². The van der Waals surface area contributed by atoms with Crippen LogP contribution in [0.2, 0.25) is 0 Å². The van der Waals surface area contributed by atoms with Crippen LogP contribution in [0.25, 0.3) is 0 Å². The fourth-order valence-corrected chi connectivity index (χ4v) is 0. The van der Waals surface area contributed by atoms with Crippen molar-refractivity contribution in [3.05, 3.63) is 0 Å². The van der Waals surface area contributed by atoms with E-state index in [4.69, 9.17) is 0 Å². The molecule has 0 radical (unpaired) electrons. The van der Waals surface area contributed by atoms with Gasteiger partial charge in [0.15, 0.2) is 0 Å². The molecule has 0 bridgehead atoms. The molecule has 0 atom stereocenters. The number of rotatable bonds is 0. The minimum atomic E-state index is -10.8. The van der Waals surface area contributed by atoms with Crippen LogP contribution in [0.3, 0.4) is 0 Å². The summed E-state index contributed by atoms with van der Waals surface area (Å²) in [7, 11) is -10.8. The summed E-state index contributed by atoms with van der Waals surface area (Å²) < 4.78 is 59.3. The van der Waals surface area contributed by atoms with Crippen molar-refractivity contribution in [1.82, 2.24) is 0 Å². The van der Waals surface area contributed by atoms with Gasteiger partial charge in [0, 0.05) is 0 Å².